The third-order valence-electron chi connectivity index (χ3n) is 0.931. The van der Waals surface area contributed by atoms with E-state index in [-0.39, 0.29) is 0 Å². The predicted octanol–water partition coefficient (Wildman–Crippen LogP) is 1.65. The van der Waals surface area contributed by atoms with E-state index in [1.54, 1.807) is 12.1 Å². The van der Waals surface area contributed by atoms with Crippen LogP contribution in [0.25, 0.3) is 0 Å². The first-order valence-corrected chi connectivity index (χ1v) is 2.56. The van der Waals surface area contributed by atoms with Crippen LogP contribution in [0.1, 0.15) is 0 Å². The number of benzene rings is 1. The van der Waals surface area contributed by atoms with E-state index in [1.807, 2.05) is 18.2 Å². The molecular weight excluding hydrogens is 120 g/mol. The van der Waals surface area contributed by atoms with Crippen LogP contribution in [0.5, 0.6) is 0 Å². The zero-order valence-electron chi connectivity index (χ0n) is 4.74. The van der Waals surface area contributed by atoms with Crippen LogP contribution >= 0.6 is 0 Å². The maximum absolute atomic E-state index is 9.68. The van der Waals surface area contributed by atoms with Crippen molar-refractivity contribution in [3.8, 4) is 0 Å². The molecule has 0 fully saturated rings. The van der Waals surface area contributed by atoms with E-state index in [9.17, 15) is 4.79 Å². The Bertz CT molecular complexity index is 224. The smallest absolute Gasteiger partial charge is 0.211 e. The number of hydrogen-bond donors (Lipinski definition) is 0. The van der Waals surface area contributed by atoms with Gasteiger partial charge in [0.15, 0.2) is 0 Å². The fourth-order valence-corrected chi connectivity index (χ4v) is 0.555. The monoisotopic (exact) mass is 125 g/mol. The quantitative estimate of drug-likeness (QED) is 0.414. The highest BCUT2D eigenvalue weighted by molar-refractivity contribution is 5.47. The third-order valence-corrected chi connectivity index (χ3v) is 0.931. The molecule has 0 amide bonds. The molecule has 0 unspecified atom stereocenters. The largest absolute Gasteiger partial charge is 0.240 e. The van der Waals surface area contributed by atoms with Gasteiger partial charge in [-0.15, -0.1) is 0 Å². The molecule has 0 aliphatic rings. The number of carbonyl (C=O) groups excluding carboxylic acids is 1. The molecular formula is C7H5NO. The zero-order valence-corrected chi connectivity index (χ0v) is 4.74. The number of aliphatic imine (C=N–C) groups is 1. The Balaban J connectivity index is 2.97. The Labute approximate surface area is 52.9 Å². The minimum atomic E-state index is 0.646. The van der Waals surface area contributed by atoms with Gasteiger partial charge in [-0.1, -0.05) is 18.2 Å². The van der Waals surface area contributed by atoms with Crippen molar-refractivity contribution < 1.29 is 4.79 Å². The van der Waals surface area contributed by atoms with Crippen molar-refractivity contribution in [1.82, 2.24) is 0 Å². The molecule has 2 nitrogen and oxygen atoms in total. The lowest BCUT2D eigenvalue weighted by Gasteiger charge is -1.83. The van der Waals surface area contributed by atoms with Crippen LogP contribution < -0.4 is 0 Å². The molecule has 0 saturated carbocycles. The van der Waals surface area contributed by atoms with E-state index in [2.05, 4.69) is 4.99 Å². The van der Waals surface area contributed by atoms with E-state index in [1.165, 1.54) is 6.08 Å². The van der Waals surface area contributed by atoms with E-state index >= 15 is 0 Å². The molecule has 0 radical (unpaired) electrons. The van der Waals surface area contributed by atoms with Crippen LogP contribution in [-0.4, -0.2) is 6.08 Å². The molecule has 0 atom stereocenters. The van der Waals surface area contributed by atoms with Crippen LogP contribution in [0.2, 0.25) is 0 Å². The lowest BCUT2D eigenvalue weighted by molar-refractivity contribution is 0.565. The summed E-state index contributed by atoms with van der Waals surface area (Å²) in [6.45, 7) is 0. The summed E-state index contributed by atoms with van der Waals surface area (Å²) in [7, 11) is 0. The summed E-state index contributed by atoms with van der Waals surface area (Å²) in [4.78, 5) is 13.1. The van der Waals surface area contributed by atoms with Gasteiger partial charge in [-0.2, -0.15) is 4.99 Å². The summed E-state index contributed by atoms with van der Waals surface area (Å²) in [5, 5.41) is 0. The molecule has 1 aromatic carbocycles. The number of para-hydroxylation sites is 1. The molecule has 1 aromatic rings. The second-order valence-corrected chi connectivity index (χ2v) is 1.54. The standard InChI is InChI=1S/C7H5NO/c9-6-8-7-4-2-1-3-5-7/h1-5H/i1+1,2+1,3+1,4+1,5+1,7+1. The third kappa shape index (κ3) is 1.52. The van der Waals surface area contributed by atoms with Gasteiger partial charge in [0, 0.05) is 0 Å². The molecule has 1 rings (SSSR count). The summed E-state index contributed by atoms with van der Waals surface area (Å²) in [6.07, 6.45) is 1.46. The first kappa shape index (κ1) is 5.73. The normalized spacial score (nSPS) is 8.00. The Hall–Kier alpha value is -1.40. The zero-order chi connectivity index (χ0) is 6.53. The number of hydrogen-bond acceptors (Lipinski definition) is 2. The van der Waals surface area contributed by atoms with Crippen LogP contribution in [0.4, 0.5) is 5.69 Å². The topological polar surface area (TPSA) is 29.4 Å². The molecule has 0 spiro atoms. The van der Waals surface area contributed by atoms with Crippen LogP contribution in [-0.2, 0) is 4.79 Å². The molecule has 0 aliphatic carbocycles. The number of nitrogens with zero attached hydrogens (tertiary/aromatic N) is 1. The SMILES string of the molecule is O=C=N[13c]1[13cH][13cH][13cH][13cH][13cH]1. The summed E-state index contributed by atoms with van der Waals surface area (Å²) >= 11 is 0. The highest BCUT2D eigenvalue weighted by atomic mass is 16.1. The van der Waals surface area contributed by atoms with Gasteiger partial charge in [-0.3, -0.25) is 0 Å². The van der Waals surface area contributed by atoms with Crippen molar-refractivity contribution >= 4 is 11.8 Å². The second kappa shape index (κ2) is 2.80. The van der Waals surface area contributed by atoms with Crippen LogP contribution in [0.3, 0.4) is 0 Å². The molecule has 9 heavy (non-hydrogen) atoms. The molecule has 0 N–H and O–H groups in total. The molecule has 0 aromatic heterocycles. The van der Waals surface area contributed by atoms with Gasteiger partial charge in [0.1, 0.15) is 0 Å². The van der Waals surface area contributed by atoms with Crippen molar-refractivity contribution in [2.24, 2.45) is 4.99 Å². The molecule has 44 valence electrons. The predicted molar refractivity (Wildman–Crippen MR) is 34.2 cm³/mol. The number of isocyanates is 1. The van der Waals surface area contributed by atoms with Crippen molar-refractivity contribution in [3.63, 3.8) is 0 Å². The summed E-state index contributed by atoms with van der Waals surface area (Å²) in [6, 6.07) is 8.98. The van der Waals surface area contributed by atoms with Gasteiger partial charge in [-0.05, 0) is 12.1 Å². The Morgan fingerprint density at radius 2 is 1.89 bits per heavy atom. The maximum atomic E-state index is 9.68. The minimum absolute atomic E-state index is 0.646. The lowest BCUT2D eigenvalue weighted by Crippen LogP contribution is -1.59. The summed E-state index contributed by atoms with van der Waals surface area (Å²) < 4.78 is 0. The van der Waals surface area contributed by atoms with E-state index in [0.29, 0.717) is 5.69 Å². The van der Waals surface area contributed by atoms with E-state index in [0.717, 1.165) is 0 Å². The Morgan fingerprint density at radius 3 is 2.44 bits per heavy atom. The van der Waals surface area contributed by atoms with E-state index < -0.39 is 0 Å². The van der Waals surface area contributed by atoms with Crippen molar-refractivity contribution in [1.29, 1.82) is 0 Å². The van der Waals surface area contributed by atoms with E-state index in [4.69, 9.17) is 0 Å². The Morgan fingerprint density at radius 1 is 1.22 bits per heavy atom. The van der Waals surface area contributed by atoms with Crippen LogP contribution in [0.15, 0.2) is 35.3 Å². The summed E-state index contributed by atoms with van der Waals surface area (Å²) in [5.41, 5.74) is 0.646. The molecule has 0 bridgehead atoms. The molecule has 0 aliphatic heterocycles. The minimum Gasteiger partial charge on any atom is -0.211 e. The van der Waals surface area contributed by atoms with Crippen molar-refractivity contribution in [2.45, 2.75) is 0 Å². The second-order valence-electron chi connectivity index (χ2n) is 1.54. The van der Waals surface area contributed by atoms with Gasteiger partial charge >= 0.3 is 0 Å². The molecule has 0 saturated heterocycles. The molecule has 2 heteroatoms. The maximum Gasteiger partial charge on any atom is 0.240 e. The number of rotatable bonds is 1. The van der Waals surface area contributed by atoms with Crippen molar-refractivity contribution in [3.05, 3.63) is 30.3 Å². The fraction of sp³-hybridized carbons (Fsp3) is 0. The van der Waals surface area contributed by atoms with Gasteiger partial charge in [0.25, 0.3) is 0 Å². The van der Waals surface area contributed by atoms with Gasteiger partial charge in [0.2, 0.25) is 6.08 Å². The van der Waals surface area contributed by atoms with Gasteiger partial charge in [0.05, 0.1) is 5.69 Å². The van der Waals surface area contributed by atoms with Crippen LogP contribution in [0, 0.1) is 0 Å². The Kier molecular flexibility index (Phi) is 1.78. The highest BCUT2D eigenvalue weighted by Gasteiger charge is 1.79. The van der Waals surface area contributed by atoms with Crippen molar-refractivity contribution in [2.75, 3.05) is 0 Å². The average molecular weight is 125 g/mol. The first-order valence-electron chi connectivity index (χ1n) is 2.56. The molecule has 0 heterocycles. The first-order chi connectivity index (χ1) is 4.43. The van der Waals surface area contributed by atoms with Gasteiger partial charge < -0.3 is 0 Å². The summed E-state index contributed by atoms with van der Waals surface area (Å²) in [5.74, 6) is 0. The lowest BCUT2D eigenvalue weighted by atomic mass is 11.3. The fourth-order valence-electron chi connectivity index (χ4n) is 0.555. The van der Waals surface area contributed by atoms with Gasteiger partial charge in [-0.25, -0.2) is 4.79 Å². The average Bonchev–Trinajstić information content (AvgIpc) is 1.91. The highest BCUT2D eigenvalue weighted by Crippen LogP contribution is 2.06.